The number of Topliss-reactive ketones (excluding diaryl/α,β-unsaturated/α-hetero) is 1. The Hall–Kier alpha value is -2.82. The summed E-state index contributed by atoms with van der Waals surface area (Å²) in [4.78, 5) is 38.9. The molecule has 0 unspecified atom stereocenters. The van der Waals surface area contributed by atoms with Crippen LogP contribution in [0.2, 0.25) is 0 Å². The monoisotopic (exact) mass is 266 g/mol. The molecule has 0 aliphatic carbocycles. The number of amides is 2. The average Bonchev–Trinajstić information content (AvgIpc) is 2.75. The zero-order chi connectivity index (χ0) is 14.1. The topological polar surface area (TPSA) is 76.1 Å². The van der Waals surface area contributed by atoms with E-state index in [4.69, 9.17) is 0 Å². The zero-order valence-corrected chi connectivity index (χ0v) is 10.4. The van der Waals surface area contributed by atoms with E-state index in [1.54, 1.807) is 42.7 Å². The molecule has 5 nitrogen and oxygen atoms in total. The summed E-state index contributed by atoms with van der Waals surface area (Å²) in [6.45, 7) is 0. The van der Waals surface area contributed by atoms with E-state index in [2.05, 4.69) is 10.3 Å². The van der Waals surface area contributed by atoms with Gasteiger partial charge in [0.2, 0.25) is 0 Å². The molecule has 98 valence electrons. The van der Waals surface area contributed by atoms with Gasteiger partial charge in [-0.3, -0.25) is 24.7 Å². The summed E-state index contributed by atoms with van der Waals surface area (Å²) in [7, 11) is 0. The molecule has 2 heterocycles. The molecule has 0 fully saturated rings. The first-order valence-electron chi connectivity index (χ1n) is 6.07. The Morgan fingerprint density at radius 2 is 1.70 bits per heavy atom. The van der Waals surface area contributed by atoms with Crippen molar-refractivity contribution < 1.29 is 14.4 Å². The van der Waals surface area contributed by atoms with Gasteiger partial charge >= 0.3 is 0 Å². The average molecular weight is 266 g/mol. The number of carbonyl (C=O) groups excluding carboxylic acids is 3. The van der Waals surface area contributed by atoms with Gasteiger partial charge in [-0.15, -0.1) is 0 Å². The van der Waals surface area contributed by atoms with Crippen LogP contribution >= 0.6 is 0 Å². The SMILES string of the molecule is O=C(Cc1ccc2c(c1)C(=O)NC2=O)c1ccncc1. The number of hydrogen-bond acceptors (Lipinski definition) is 4. The van der Waals surface area contributed by atoms with Crippen molar-refractivity contribution in [1.29, 1.82) is 0 Å². The predicted molar refractivity (Wildman–Crippen MR) is 70.5 cm³/mol. The number of hydrogen-bond donors (Lipinski definition) is 1. The molecule has 1 aliphatic heterocycles. The largest absolute Gasteiger partial charge is 0.294 e. The van der Waals surface area contributed by atoms with Crippen molar-refractivity contribution in [1.82, 2.24) is 10.3 Å². The molecular formula is C15H10N2O3. The highest BCUT2D eigenvalue weighted by molar-refractivity contribution is 6.21. The van der Waals surface area contributed by atoms with Crippen LogP contribution in [0.25, 0.3) is 0 Å². The summed E-state index contributed by atoms with van der Waals surface area (Å²) in [6.07, 6.45) is 3.29. The molecule has 0 atom stereocenters. The van der Waals surface area contributed by atoms with Crippen LogP contribution in [-0.2, 0) is 6.42 Å². The summed E-state index contributed by atoms with van der Waals surface area (Å²) < 4.78 is 0. The Labute approximate surface area is 114 Å². The molecule has 1 aromatic heterocycles. The van der Waals surface area contributed by atoms with E-state index in [0.29, 0.717) is 22.3 Å². The van der Waals surface area contributed by atoms with Gasteiger partial charge in [0, 0.05) is 24.4 Å². The maximum atomic E-state index is 12.1. The lowest BCUT2D eigenvalue weighted by molar-refractivity contribution is 0.0878. The molecule has 0 saturated carbocycles. The van der Waals surface area contributed by atoms with Crippen molar-refractivity contribution >= 4 is 17.6 Å². The lowest BCUT2D eigenvalue weighted by Crippen LogP contribution is -2.19. The second kappa shape index (κ2) is 4.70. The standard InChI is InChI=1S/C15H10N2O3/c18-13(10-3-5-16-6-4-10)8-9-1-2-11-12(7-9)15(20)17-14(11)19/h1-7H,8H2,(H,17,19,20). The third-order valence-corrected chi connectivity index (χ3v) is 3.17. The summed E-state index contributed by atoms with van der Waals surface area (Å²) in [6, 6.07) is 8.15. The van der Waals surface area contributed by atoms with Crippen LogP contribution in [-0.4, -0.2) is 22.6 Å². The summed E-state index contributed by atoms with van der Waals surface area (Å²) in [5.41, 5.74) is 1.96. The Kier molecular flexibility index (Phi) is 2.87. The van der Waals surface area contributed by atoms with Gasteiger partial charge in [0.05, 0.1) is 11.1 Å². The smallest absolute Gasteiger partial charge is 0.258 e. The molecule has 1 aliphatic rings. The number of nitrogens with one attached hydrogen (secondary N) is 1. The number of imide groups is 1. The first-order valence-corrected chi connectivity index (χ1v) is 6.07. The van der Waals surface area contributed by atoms with Gasteiger partial charge in [-0.2, -0.15) is 0 Å². The number of benzene rings is 1. The van der Waals surface area contributed by atoms with Crippen molar-refractivity contribution in [2.45, 2.75) is 6.42 Å². The molecule has 1 N–H and O–H groups in total. The highest BCUT2D eigenvalue weighted by atomic mass is 16.2. The van der Waals surface area contributed by atoms with E-state index >= 15 is 0 Å². The van der Waals surface area contributed by atoms with Crippen molar-refractivity contribution in [3.05, 3.63) is 65.0 Å². The maximum absolute atomic E-state index is 12.1. The van der Waals surface area contributed by atoms with Crippen molar-refractivity contribution in [3.8, 4) is 0 Å². The molecule has 1 aromatic carbocycles. The van der Waals surface area contributed by atoms with Gasteiger partial charge in [-0.1, -0.05) is 6.07 Å². The second-order valence-electron chi connectivity index (χ2n) is 4.50. The van der Waals surface area contributed by atoms with Crippen molar-refractivity contribution in [2.75, 3.05) is 0 Å². The third kappa shape index (κ3) is 2.09. The fourth-order valence-corrected chi connectivity index (χ4v) is 2.15. The molecular weight excluding hydrogens is 256 g/mol. The number of fused-ring (bicyclic) bond motifs is 1. The van der Waals surface area contributed by atoms with Gasteiger partial charge in [-0.25, -0.2) is 0 Å². The summed E-state index contributed by atoms with van der Waals surface area (Å²) >= 11 is 0. The number of ketones is 1. The molecule has 20 heavy (non-hydrogen) atoms. The van der Waals surface area contributed by atoms with Crippen LogP contribution in [0.1, 0.15) is 36.6 Å². The van der Waals surface area contributed by atoms with E-state index in [-0.39, 0.29) is 12.2 Å². The summed E-state index contributed by atoms with van der Waals surface area (Å²) in [5, 5.41) is 2.22. The molecule has 0 bridgehead atoms. The van der Waals surface area contributed by atoms with E-state index < -0.39 is 11.8 Å². The van der Waals surface area contributed by atoms with E-state index in [0.717, 1.165) is 0 Å². The third-order valence-electron chi connectivity index (χ3n) is 3.17. The Morgan fingerprint density at radius 3 is 2.45 bits per heavy atom. The number of rotatable bonds is 3. The molecule has 0 radical (unpaired) electrons. The van der Waals surface area contributed by atoms with Crippen LogP contribution in [0.5, 0.6) is 0 Å². The van der Waals surface area contributed by atoms with Crippen LogP contribution in [0, 0.1) is 0 Å². The van der Waals surface area contributed by atoms with Gasteiger partial charge in [-0.05, 0) is 29.8 Å². The minimum atomic E-state index is -0.414. The van der Waals surface area contributed by atoms with Crippen LogP contribution < -0.4 is 5.32 Å². The quantitative estimate of drug-likeness (QED) is 0.672. The minimum Gasteiger partial charge on any atom is -0.294 e. The number of carbonyl (C=O) groups is 3. The maximum Gasteiger partial charge on any atom is 0.258 e. The highest BCUT2D eigenvalue weighted by Crippen LogP contribution is 2.18. The molecule has 2 amide bonds. The van der Waals surface area contributed by atoms with Gasteiger partial charge in [0.15, 0.2) is 5.78 Å². The van der Waals surface area contributed by atoms with Crippen molar-refractivity contribution in [3.63, 3.8) is 0 Å². The van der Waals surface area contributed by atoms with Crippen molar-refractivity contribution in [2.24, 2.45) is 0 Å². The Morgan fingerprint density at radius 1 is 1.00 bits per heavy atom. The highest BCUT2D eigenvalue weighted by Gasteiger charge is 2.26. The first kappa shape index (κ1) is 12.2. The Balaban J connectivity index is 1.86. The molecule has 0 spiro atoms. The molecule has 0 saturated heterocycles. The first-order chi connectivity index (χ1) is 9.65. The second-order valence-corrected chi connectivity index (χ2v) is 4.50. The number of nitrogens with zero attached hydrogens (tertiary/aromatic N) is 1. The fourth-order valence-electron chi connectivity index (χ4n) is 2.15. The van der Waals surface area contributed by atoms with Crippen LogP contribution in [0.4, 0.5) is 0 Å². The molecule has 3 rings (SSSR count). The van der Waals surface area contributed by atoms with Crippen LogP contribution in [0.3, 0.4) is 0 Å². The zero-order valence-electron chi connectivity index (χ0n) is 10.4. The van der Waals surface area contributed by atoms with Gasteiger partial charge in [0.1, 0.15) is 0 Å². The predicted octanol–water partition coefficient (Wildman–Crippen LogP) is 1.39. The lowest BCUT2D eigenvalue weighted by Gasteiger charge is -2.03. The molecule has 5 heteroatoms. The number of pyridine rings is 1. The number of aromatic nitrogens is 1. The van der Waals surface area contributed by atoms with Gasteiger partial charge < -0.3 is 0 Å². The van der Waals surface area contributed by atoms with E-state index in [1.165, 1.54) is 0 Å². The van der Waals surface area contributed by atoms with E-state index in [9.17, 15) is 14.4 Å². The molecule has 2 aromatic rings. The summed E-state index contributed by atoms with van der Waals surface area (Å²) in [5.74, 6) is -0.864. The fraction of sp³-hybridized carbons (Fsp3) is 0.0667. The lowest BCUT2D eigenvalue weighted by atomic mass is 10.00. The van der Waals surface area contributed by atoms with E-state index in [1.807, 2.05) is 0 Å². The normalized spacial score (nSPS) is 13.0. The van der Waals surface area contributed by atoms with Gasteiger partial charge in [0.25, 0.3) is 11.8 Å². The van der Waals surface area contributed by atoms with Crippen LogP contribution in [0.15, 0.2) is 42.7 Å². The minimum absolute atomic E-state index is 0.0583. The Bertz CT molecular complexity index is 723.